The molecule has 1 aromatic heterocycles. The van der Waals surface area contributed by atoms with Crippen LogP contribution in [0.25, 0.3) is 0 Å². The maximum Gasteiger partial charge on any atom is 0.323 e. The fraction of sp³-hybridized carbons (Fsp3) is 0.692. The molecule has 0 aliphatic carbocycles. The lowest BCUT2D eigenvalue weighted by Gasteiger charge is -2.33. The summed E-state index contributed by atoms with van der Waals surface area (Å²) in [7, 11) is 1.84. The van der Waals surface area contributed by atoms with Crippen LogP contribution >= 0.6 is 0 Å². The summed E-state index contributed by atoms with van der Waals surface area (Å²) in [6, 6.07) is 1.71. The van der Waals surface area contributed by atoms with Crippen LogP contribution in [0.2, 0.25) is 0 Å². The van der Waals surface area contributed by atoms with Crippen molar-refractivity contribution < 1.29 is 9.90 Å². The molecule has 1 aliphatic rings. The summed E-state index contributed by atoms with van der Waals surface area (Å²) in [5, 5.41) is 16.6. The van der Waals surface area contributed by atoms with E-state index in [0.717, 1.165) is 25.1 Å². The largest absolute Gasteiger partial charge is 0.393 e. The number of aryl methyl sites for hydroxylation is 2. The van der Waals surface area contributed by atoms with Crippen LogP contribution in [0.15, 0.2) is 6.07 Å². The molecule has 2 amide bonds. The van der Waals surface area contributed by atoms with Gasteiger partial charge in [-0.05, 0) is 26.7 Å². The first-order valence-corrected chi connectivity index (χ1v) is 6.72. The van der Waals surface area contributed by atoms with E-state index >= 15 is 0 Å². The van der Waals surface area contributed by atoms with Gasteiger partial charge in [0, 0.05) is 37.8 Å². The van der Waals surface area contributed by atoms with Crippen LogP contribution in [0, 0.1) is 12.8 Å². The quantitative estimate of drug-likeness (QED) is 0.849. The Bertz CT molecular complexity index is 436. The standard InChI is InChI=1S/C13H22N4O2/c1-9-7-12(15-16(9)3)14-13(19)17-6-4-5-11(8-17)10(2)18/h7,10-11,18H,4-6,8H2,1-3H3,(H,14,15,19). The van der Waals surface area contributed by atoms with Gasteiger partial charge in [-0.2, -0.15) is 5.10 Å². The third kappa shape index (κ3) is 3.26. The fourth-order valence-electron chi connectivity index (χ4n) is 2.40. The minimum absolute atomic E-state index is 0.136. The van der Waals surface area contributed by atoms with E-state index in [4.69, 9.17) is 0 Å². The molecule has 2 N–H and O–H groups in total. The molecule has 1 aliphatic heterocycles. The third-order valence-electron chi connectivity index (χ3n) is 3.78. The lowest BCUT2D eigenvalue weighted by molar-refractivity contribution is 0.0766. The second-order valence-electron chi connectivity index (χ2n) is 5.31. The maximum atomic E-state index is 12.1. The number of carbonyl (C=O) groups is 1. The Morgan fingerprint density at radius 1 is 1.63 bits per heavy atom. The number of piperidine rings is 1. The van der Waals surface area contributed by atoms with Crippen molar-refractivity contribution in [3.05, 3.63) is 11.8 Å². The van der Waals surface area contributed by atoms with E-state index in [1.54, 1.807) is 16.5 Å². The number of aromatic nitrogens is 2. The van der Waals surface area contributed by atoms with Crippen LogP contribution < -0.4 is 5.32 Å². The highest BCUT2D eigenvalue weighted by molar-refractivity contribution is 5.88. The Hall–Kier alpha value is -1.56. The fourth-order valence-corrected chi connectivity index (χ4v) is 2.40. The second kappa shape index (κ2) is 5.61. The number of aliphatic hydroxyl groups excluding tert-OH is 1. The van der Waals surface area contributed by atoms with Gasteiger partial charge in [-0.15, -0.1) is 0 Å². The second-order valence-corrected chi connectivity index (χ2v) is 5.31. The van der Waals surface area contributed by atoms with Gasteiger partial charge in [-0.3, -0.25) is 10.00 Å². The molecular weight excluding hydrogens is 244 g/mol. The zero-order valence-corrected chi connectivity index (χ0v) is 11.8. The number of hydrogen-bond acceptors (Lipinski definition) is 3. The Morgan fingerprint density at radius 2 is 2.37 bits per heavy atom. The Morgan fingerprint density at radius 3 is 2.95 bits per heavy atom. The molecule has 1 saturated heterocycles. The van der Waals surface area contributed by atoms with Gasteiger partial charge in [-0.1, -0.05) is 0 Å². The molecule has 2 unspecified atom stereocenters. The molecular formula is C13H22N4O2. The summed E-state index contributed by atoms with van der Waals surface area (Å²) in [6.45, 7) is 5.07. The summed E-state index contributed by atoms with van der Waals surface area (Å²) in [5.74, 6) is 0.745. The molecule has 106 valence electrons. The number of aliphatic hydroxyl groups is 1. The number of nitrogens with zero attached hydrogens (tertiary/aromatic N) is 3. The first kappa shape index (κ1) is 13.9. The van der Waals surface area contributed by atoms with Crippen LogP contribution in [-0.2, 0) is 7.05 Å². The zero-order chi connectivity index (χ0) is 14.0. The lowest BCUT2D eigenvalue weighted by Crippen LogP contribution is -2.44. The van der Waals surface area contributed by atoms with Gasteiger partial charge in [0.15, 0.2) is 5.82 Å². The van der Waals surface area contributed by atoms with Crippen molar-refractivity contribution >= 4 is 11.8 Å². The van der Waals surface area contributed by atoms with Gasteiger partial charge in [-0.25, -0.2) is 4.79 Å². The lowest BCUT2D eigenvalue weighted by atomic mass is 9.94. The van der Waals surface area contributed by atoms with Gasteiger partial charge in [0.05, 0.1) is 6.10 Å². The molecule has 6 heteroatoms. The smallest absolute Gasteiger partial charge is 0.323 e. The van der Waals surface area contributed by atoms with Crippen LogP contribution in [-0.4, -0.2) is 45.0 Å². The average molecular weight is 266 g/mol. The maximum absolute atomic E-state index is 12.1. The molecule has 19 heavy (non-hydrogen) atoms. The minimum atomic E-state index is -0.368. The zero-order valence-electron chi connectivity index (χ0n) is 11.8. The third-order valence-corrected chi connectivity index (χ3v) is 3.78. The van der Waals surface area contributed by atoms with Crippen molar-refractivity contribution in [2.24, 2.45) is 13.0 Å². The van der Waals surface area contributed by atoms with Gasteiger partial charge in [0.2, 0.25) is 0 Å². The number of anilines is 1. The molecule has 6 nitrogen and oxygen atoms in total. The van der Waals surface area contributed by atoms with Gasteiger partial charge in [0.1, 0.15) is 0 Å². The molecule has 0 bridgehead atoms. The van der Waals surface area contributed by atoms with E-state index in [1.807, 2.05) is 20.0 Å². The molecule has 2 rings (SSSR count). The first-order chi connectivity index (χ1) is 8.97. The highest BCUT2D eigenvalue weighted by Gasteiger charge is 2.26. The van der Waals surface area contributed by atoms with E-state index in [1.165, 1.54) is 0 Å². The van der Waals surface area contributed by atoms with Crippen molar-refractivity contribution in [3.8, 4) is 0 Å². The highest BCUT2D eigenvalue weighted by Crippen LogP contribution is 2.20. The molecule has 0 saturated carbocycles. The van der Waals surface area contributed by atoms with Crippen LogP contribution in [0.3, 0.4) is 0 Å². The average Bonchev–Trinajstić information content (AvgIpc) is 2.68. The van der Waals surface area contributed by atoms with Crippen LogP contribution in [0.5, 0.6) is 0 Å². The van der Waals surface area contributed by atoms with E-state index in [9.17, 15) is 9.90 Å². The number of rotatable bonds is 2. The molecule has 0 aromatic carbocycles. The Labute approximate surface area is 113 Å². The Balaban J connectivity index is 1.96. The van der Waals surface area contributed by atoms with Gasteiger partial charge < -0.3 is 10.0 Å². The molecule has 2 heterocycles. The predicted octanol–water partition coefficient (Wildman–Crippen LogP) is 1.35. The van der Waals surface area contributed by atoms with E-state index < -0.39 is 0 Å². The van der Waals surface area contributed by atoms with Crippen LogP contribution in [0.1, 0.15) is 25.5 Å². The Kier molecular flexibility index (Phi) is 4.09. The number of urea groups is 1. The molecule has 0 spiro atoms. The molecule has 1 fully saturated rings. The summed E-state index contributed by atoms with van der Waals surface area (Å²) in [6.07, 6.45) is 1.54. The van der Waals surface area contributed by atoms with Crippen molar-refractivity contribution in [2.75, 3.05) is 18.4 Å². The van der Waals surface area contributed by atoms with E-state index in [-0.39, 0.29) is 18.1 Å². The number of hydrogen-bond donors (Lipinski definition) is 2. The summed E-state index contributed by atoms with van der Waals surface area (Å²) in [5.41, 5.74) is 0.996. The minimum Gasteiger partial charge on any atom is -0.393 e. The molecule has 2 atom stereocenters. The topological polar surface area (TPSA) is 70.4 Å². The molecule has 1 aromatic rings. The van der Waals surface area contributed by atoms with Crippen molar-refractivity contribution in [3.63, 3.8) is 0 Å². The van der Waals surface area contributed by atoms with Crippen molar-refractivity contribution in [1.29, 1.82) is 0 Å². The van der Waals surface area contributed by atoms with Crippen molar-refractivity contribution in [1.82, 2.24) is 14.7 Å². The molecule has 0 radical (unpaired) electrons. The SMILES string of the molecule is Cc1cc(NC(=O)N2CCCC(C(C)O)C2)nn1C. The highest BCUT2D eigenvalue weighted by atomic mass is 16.3. The van der Waals surface area contributed by atoms with Crippen molar-refractivity contribution in [2.45, 2.75) is 32.8 Å². The summed E-state index contributed by atoms with van der Waals surface area (Å²) >= 11 is 0. The van der Waals surface area contributed by atoms with E-state index in [2.05, 4.69) is 10.4 Å². The monoisotopic (exact) mass is 266 g/mol. The first-order valence-electron chi connectivity index (χ1n) is 6.72. The summed E-state index contributed by atoms with van der Waals surface area (Å²) < 4.78 is 1.73. The number of nitrogens with one attached hydrogen (secondary N) is 1. The predicted molar refractivity (Wildman–Crippen MR) is 72.9 cm³/mol. The van der Waals surface area contributed by atoms with Crippen LogP contribution in [0.4, 0.5) is 10.6 Å². The summed E-state index contributed by atoms with van der Waals surface area (Å²) in [4.78, 5) is 13.9. The normalized spacial score (nSPS) is 21.3. The number of carbonyl (C=O) groups excluding carboxylic acids is 1. The number of likely N-dealkylation sites (tertiary alicyclic amines) is 1. The van der Waals surface area contributed by atoms with E-state index in [0.29, 0.717) is 12.4 Å². The van der Waals surface area contributed by atoms with Gasteiger partial charge >= 0.3 is 6.03 Å². The number of amides is 2. The van der Waals surface area contributed by atoms with Gasteiger partial charge in [0.25, 0.3) is 0 Å².